The maximum Gasteiger partial charge on any atom is 0.183 e. The number of hydrogen-bond donors (Lipinski definition) is 0. The van der Waals surface area contributed by atoms with Gasteiger partial charge in [0.05, 0.1) is 9.64 Å². The molecule has 4 heteroatoms. The van der Waals surface area contributed by atoms with Gasteiger partial charge < -0.3 is 0 Å². The Morgan fingerprint density at radius 1 is 1.13 bits per heavy atom. The first-order valence-electron chi connectivity index (χ1n) is 4.66. The lowest BCUT2D eigenvalue weighted by Gasteiger charge is -2.19. The van der Waals surface area contributed by atoms with Crippen molar-refractivity contribution in [3.63, 3.8) is 0 Å². The first kappa shape index (κ1) is 12.7. The van der Waals surface area contributed by atoms with Gasteiger partial charge in [0, 0.05) is 4.47 Å². The van der Waals surface area contributed by atoms with E-state index in [1.165, 1.54) is 0 Å². The average Bonchev–Trinajstić information content (AvgIpc) is 1.99. The van der Waals surface area contributed by atoms with E-state index in [1.54, 1.807) is 32.9 Å². The molecular formula is C11H15BrO2S. The number of rotatable bonds is 1. The normalized spacial score (nSPS) is 12.9. The number of halogens is 1. The van der Waals surface area contributed by atoms with Gasteiger partial charge in [-0.3, -0.25) is 0 Å². The Morgan fingerprint density at radius 2 is 1.67 bits per heavy atom. The van der Waals surface area contributed by atoms with Gasteiger partial charge in [0.1, 0.15) is 0 Å². The minimum atomic E-state index is -3.25. The molecule has 1 aromatic rings. The van der Waals surface area contributed by atoms with E-state index in [0.717, 1.165) is 10.0 Å². The quantitative estimate of drug-likeness (QED) is 0.795. The van der Waals surface area contributed by atoms with Crippen LogP contribution in [-0.4, -0.2) is 13.2 Å². The van der Waals surface area contributed by atoms with Crippen LogP contribution in [0.15, 0.2) is 27.6 Å². The molecule has 0 aliphatic carbocycles. The molecule has 0 unspecified atom stereocenters. The molecule has 15 heavy (non-hydrogen) atoms. The Bertz CT molecular complexity index is 450. The van der Waals surface area contributed by atoms with Crippen LogP contribution >= 0.6 is 15.9 Å². The molecule has 0 amide bonds. The van der Waals surface area contributed by atoms with Crippen LogP contribution in [0.25, 0.3) is 0 Å². The topological polar surface area (TPSA) is 34.1 Å². The lowest BCUT2D eigenvalue weighted by Crippen LogP contribution is -2.27. The largest absolute Gasteiger partial charge is 0.223 e. The molecule has 0 aliphatic heterocycles. The zero-order chi connectivity index (χ0) is 11.9. The second kappa shape index (κ2) is 3.91. The van der Waals surface area contributed by atoms with Crippen molar-refractivity contribution < 1.29 is 8.42 Å². The minimum Gasteiger partial charge on any atom is -0.223 e. The third-order valence-electron chi connectivity index (χ3n) is 2.13. The van der Waals surface area contributed by atoms with Gasteiger partial charge in [0.2, 0.25) is 0 Å². The van der Waals surface area contributed by atoms with Crippen LogP contribution in [0.2, 0.25) is 0 Å². The van der Waals surface area contributed by atoms with E-state index in [2.05, 4.69) is 15.9 Å². The smallest absolute Gasteiger partial charge is 0.183 e. The van der Waals surface area contributed by atoms with Gasteiger partial charge in [-0.05, 0) is 51.5 Å². The molecule has 0 aromatic heterocycles. The Morgan fingerprint density at radius 3 is 2.07 bits per heavy atom. The molecule has 0 saturated carbocycles. The summed E-state index contributed by atoms with van der Waals surface area (Å²) in [6, 6.07) is 5.24. The zero-order valence-electron chi connectivity index (χ0n) is 9.33. The van der Waals surface area contributed by atoms with Gasteiger partial charge in [0.25, 0.3) is 0 Å². The molecule has 2 nitrogen and oxygen atoms in total. The Balaban J connectivity index is 3.41. The summed E-state index contributed by atoms with van der Waals surface area (Å²) in [4.78, 5) is 0.377. The van der Waals surface area contributed by atoms with Gasteiger partial charge in [-0.2, -0.15) is 0 Å². The summed E-state index contributed by atoms with van der Waals surface area (Å²) in [7, 11) is -3.25. The van der Waals surface area contributed by atoms with E-state index in [-0.39, 0.29) is 0 Å². The summed E-state index contributed by atoms with van der Waals surface area (Å²) in [6.45, 7) is 7.00. The lowest BCUT2D eigenvalue weighted by atomic mass is 10.2. The Labute approximate surface area is 99.7 Å². The summed E-state index contributed by atoms with van der Waals surface area (Å²) < 4.78 is 24.3. The molecule has 0 spiro atoms. The van der Waals surface area contributed by atoms with Crippen molar-refractivity contribution in [2.75, 3.05) is 0 Å². The second-order valence-corrected chi connectivity index (χ2v) is 8.20. The molecule has 0 N–H and O–H groups in total. The summed E-state index contributed by atoms with van der Waals surface area (Å²) in [5.41, 5.74) is 0.937. The van der Waals surface area contributed by atoms with E-state index in [1.807, 2.05) is 13.0 Å². The first-order chi connectivity index (χ1) is 6.64. The predicted octanol–water partition coefficient (Wildman–Crippen LogP) is 3.33. The molecule has 1 aromatic carbocycles. The summed E-state index contributed by atoms with van der Waals surface area (Å²) in [6.07, 6.45) is 0. The van der Waals surface area contributed by atoms with Crippen molar-refractivity contribution in [3.05, 3.63) is 28.2 Å². The van der Waals surface area contributed by atoms with E-state index >= 15 is 0 Å². The van der Waals surface area contributed by atoms with Crippen molar-refractivity contribution in [2.24, 2.45) is 0 Å². The minimum absolute atomic E-state index is 0.377. The standard InChI is InChI=1S/C11H15BrO2S/c1-8-5-9(12)7-10(6-8)15(13,14)11(2,3)4/h5-7H,1-4H3. The van der Waals surface area contributed by atoms with E-state index in [0.29, 0.717) is 4.90 Å². The number of hydrogen-bond acceptors (Lipinski definition) is 2. The molecule has 0 heterocycles. The van der Waals surface area contributed by atoms with Crippen molar-refractivity contribution in [1.29, 1.82) is 0 Å². The maximum atomic E-state index is 12.1. The van der Waals surface area contributed by atoms with Gasteiger partial charge in [-0.15, -0.1) is 0 Å². The molecule has 0 atom stereocenters. The maximum absolute atomic E-state index is 12.1. The molecule has 1 rings (SSSR count). The SMILES string of the molecule is Cc1cc(Br)cc(S(=O)(=O)C(C)(C)C)c1. The van der Waals surface area contributed by atoms with Crippen LogP contribution in [0.1, 0.15) is 26.3 Å². The van der Waals surface area contributed by atoms with Crippen LogP contribution in [0.3, 0.4) is 0 Å². The highest BCUT2D eigenvalue weighted by Gasteiger charge is 2.30. The summed E-state index contributed by atoms with van der Waals surface area (Å²) in [5.74, 6) is 0. The molecule has 84 valence electrons. The molecule has 0 aliphatic rings. The molecular weight excluding hydrogens is 276 g/mol. The fourth-order valence-electron chi connectivity index (χ4n) is 1.21. The van der Waals surface area contributed by atoms with Crippen LogP contribution in [-0.2, 0) is 9.84 Å². The monoisotopic (exact) mass is 290 g/mol. The van der Waals surface area contributed by atoms with Crippen molar-refractivity contribution in [3.8, 4) is 0 Å². The highest BCUT2D eigenvalue weighted by Crippen LogP contribution is 2.27. The van der Waals surface area contributed by atoms with Crippen LogP contribution < -0.4 is 0 Å². The molecule has 0 fully saturated rings. The summed E-state index contributed by atoms with van der Waals surface area (Å²) >= 11 is 3.31. The molecule has 0 saturated heterocycles. The number of aryl methyl sites for hydroxylation is 1. The van der Waals surface area contributed by atoms with Crippen molar-refractivity contribution in [2.45, 2.75) is 37.3 Å². The fourth-order valence-corrected chi connectivity index (χ4v) is 3.30. The highest BCUT2D eigenvalue weighted by molar-refractivity contribution is 9.10. The van der Waals surface area contributed by atoms with Crippen LogP contribution in [0.5, 0.6) is 0 Å². The Kier molecular flexibility index (Phi) is 3.31. The molecule has 0 radical (unpaired) electrons. The second-order valence-electron chi connectivity index (χ2n) is 4.58. The molecule has 0 bridgehead atoms. The average molecular weight is 291 g/mol. The van der Waals surface area contributed by atoms with Gasteiger partial charge in [0.15, 0.2) is 9.84 Å². The lowest BCUT2D eigenvalue weighted by molar-refractivity contribution is 0.560. The van der Waals surface area contributed by atoms with Crippen molar-refractivity contribution >= 4 is 25.8 Å². The Hall–Kier alpha value is -0.350. The van der Waals surface area contributed by atoms with E-state index in [4.69, 9.17) is 0 Å². The predicted molar refractivity (Wildman–Crippen MR) is 65.8 cm³/mol. The third kappa shape index (κ3) is 2.61. The van der Waals surface area contributed by atoms with E-state index in [9.17, 15) is 8.42 Å². The highest BCUT2D eigenvalue weighted by atomic mass is 79.9. The van der Waals surface area contributed by atoms with Crippen LogP contribution in [0, 0.1) is 6.92 Å². The van der Waals surface area contributed by atoms with Gasteiger partial charge in [-0.25, -0.2) is 8.42 Å². The van der Waals surface area contributed by atoms with Crippen LogP contribution in [0.4, 0.5) is 0 Å². The fraction of sp³-hybridized carbons (Fsp3) is 0.455. The van der Waals surface area contributed by atoms with Gasteiger partial charge in [-0.1, -0.05) is 15.9 Å². The van der Waals surface area contributed by atoms with Gasteiger partial charge >= 0.3 is 0 Å². The van der Waals surface area contributed by atoms with E-state index < -0.39 is 14.6 Å². The van der Waals surface area contributed by atoms with Crippen molar-refractivity contribution in [1.82, 2.24) is 0 Å². The number of benzene rings is 1. The number of sulfone groups is 1. The first-order valence-corrected chi connectivity index (χ1v) is 6.94. The third-order valence-corrected chi connectivity index (χ3v) is 5.06. The summed E-state index contributed by atoms with van der Waals surface area (Å²) in [5, 5.41) is 0. The zero-order valence-corrected chi connectivity index (χ0v) is 11.7.